The topological polar surface area (TPSA) is 115 Å². The molecule has 398 valence electrons. The predicted octanol–water partition coefficient (Wildman–Crippen LogP) is 16.5. The van der Waals surface area contributed by atoms with Gasteiger partial charge >= 0.3 is 0 Å². The van der Waals surface area contributed by atoms with Crippen LogP contribution in [0.3, 0.4) is 0 Å². The van der Waals surface area contributed by atoms with Crippen molar-refractivity contribution in [2.24, 2.45) is 0 Å². The number of aromatic nitrogens is 12. The van der Waals surface area contributed by atoms with Crippen LogP contribution in [0.4, 0.5) is 0 Å². The van der Waals surface area contributed by atoms with E-state index in [4.69, 9.17) is 29.9 Å². The van der Waals surface area contributed by atoms with Gasteiger partial charge in [-0.2, -0.15) is 9.97 Å². The van der Waals surface area contributed by atoms with Crippen molar-refractivity contribution >= 4 is 109 Å². The highest BCUT2D eigenvalue weighted by Gasteiger charge is 2.32. The second-order valence-corrected chi connectivity index (χ2v) is 21.7. The van der Waals surface area contributed by atoms with Gasteiger partial charge in [0.25, 0.3) is 0 Å². The van der Waals surface area contributed by atoms with Crippen molar-refractivity contribution < 1.29 is 0 Å². The molecule has 12 heteroatoms. The number of benzene rings is 8. The molecule has 10 heterocycles. The molecule has 0 unspecified atom stereocenters. The van der Waals surface area contributed by atoms with Crippen LogP contribution >= 0.6 is 0 Å². The molecular formula is C73H46N12. The molecular weight excluding hydrogens is 1040 g/mol. The zero-order valence-electron chi connectivity index (χ0n) is 45.5. The number of nitrogens with zero attached hydrogens (tertiary/aromatic N) is 12. The van der Waals surface area contributed by atoms with Gasteiger partial charge in [-0.25, -0.2) is 4.98 Å². The predicted molar refractivity (Wildman–Crippen MR) is 342 cm³/mol. The molecule has 0 bridgehead atoms. The minimum Gasteiger partial charge on any atom is -0.340 e. The Bertz CT molecular complexity index is 5500. The third-order valence-corrected chi connectivity index (χ3v) is 17.3. The third-order valence-electron chi connectivity index (χ3n) is 17.3. The summed E-state index contributed by atoms with van der Waals surface area (Å²) in [5, 5.41) is 10.8. The summed E-state index contributed by atoms with van der Waals surface area (Å²) in [6.07, 6.45) is 16.2. The quantitative estimate of drug-likeness (QED) is 0.141. The molecule has 0 atom stereocenters. The van der Waals surface area contributed by atoms with E-state index < -0.39 is 0 Å². The molecule has 85 heavy (non-hydrogen) atoms. The number of fused-ring (bicyclic) bond motifs is 15. The number of rotatable bonds is 9. The Morgan fingerprint density at radius 1 is 0.294 bits per heavy atom. The maximum atomic E-state index is 5.85. The van der Waals surface area contributed by atoms with E-state index in [9.17, 15) is 0 Å². The maximum absolute atomic E-state index is 5.85. The summed E-state index contributed by atoms with van der Waals surface area (Å²) in [4.78, 5) is 36.1. The van der Waals surface area contributed by atoms with Crippen LogP contribution in [0, 0.1) is 0 Å². The van der Waals surface area contributed by atoms with Gasteiger partial charge in [-0.1, -0.05) is 140 Å². The van der Waals surface area contributed by atoms with E-state index in [1.54, 1.807) is 0 Å². The molecule has 0 amide bonds. The summed E-state index contributed by atoms with van der Waals surface area (Å²) in [5.74, 6) is 1.53. The maximum Gasteiger partial charge on any atom is 0.238 e. The first-order chi connectivity index (χ1) is 42.2. The van der Waals surface area contributed by atoms with Crippen molar-refractivity contribution in [3.05, 3.63) is 261 Å². The molecule has 0 fully saturated rings. The molecule has 0 spiro atoms. The van der Waals surface area contributed by atoms with Gasteiger partial charge in [0.05, 0.1) is 66.7 Å². The Morgan fingerprint density at radius 3 is 1.19 bits per heavy atom. The lowest BCUT2D eigenvalue weighted by Crippen LogP contribution is -2.16. The lowest BCUT2D eigenvalue weighted by Gasteiger charge is -2.27. The number of hydrogen-bond donors (Lipinski definition) is 0. The Kier molecular flexibility index (Phi) is 10.2. The summed E-state index contributed by atoms with van der Waals surface area (Å²) < 4.78 is 12.1. The first kappa shape index (κ1) is 47.1. The molecule has 0 aliphatic heterocycles. The van der Waals surface area contributed by atoms with Crippen LogP contribution in [0.1, 0.15) is 5.56 Å². The van der Waals surface area contributed by atoms with Crippen molar-refractivity contribution in [2.75, 3.05) is 0 Å². The van der Waals surface area contributed by atoms with E-state index >= 15 is 0 Å². The van der Waals surface area contributed by atoms with Crippen molar-refractivity contribution in [2.45, 2.75) is 13.0 Å². The summed E-state index contributed by atoms with van der Waals surface area (Å²) in [7, 11) is 0. The highest BCUT2D eigenvalue weighted by atomic mass is 15.2. The van der Waals surface area contributed by atoms with Gasteiger partial charge in [0.1, 0.15) is 0 Å². The van der Waals surface area contributed by atoms with Crippen molar-refractivity contribution in [1.29, 1.82) is 0 Å². The number of para-hydroxylation sites is 6. The van der Waals surface area contributed by atoms with Gasteiger partial charge in [0, 0.05) is 132 Å². The third kappa shape index (κ3) is 6.93. The smallest absolute Gasteiger partial charge is 0.238 e. The molecule has 0 saturated heterocycles. The van der Waals surface area contributed by atoms with E-state index in [-0.39, 0.29) is 0 Å². The average molecular weight is 1090 g/mol. The number of aryl methyl sites for hydroxylation is 1. The molecule has 18 rings (SSSR count). The van der Waals surface area contributed by atoms with Crippen LogP contribution in [0.5, 0.6) is 0 Å². The molecule has 12 nitrogen and oxygen atoms in total. The van der Waals surface area contributed by atoms with E-state index in [0.29, 0.717) is 30.6 Å². The van der Waals surface area contributed by atoms with Crippen LogP contribution < -0.4 is 0 Å². The van der Waals surface area contributed by atoms with Gasteiger partial charge in [0.2, 0.25) is 5.95 Å². The molecule has 0 N–H and O–H groups in total. The summed E-state index contributed by atoms with van der Waals surface area (Å²) in [6, 6.07) is 73.1. The molecule has 0 saturated carbocycles. The van der Waals surface area contributed by atoms with Crippen LogP contribution in [-0.4, -0.2) is 57.7 Å². The molecule has 0 radical (unpaired) electrons. The fourth-order valence-corrected chi connectivity index (χ4v) is 13.8. The van der Waals surface area contributed by atoms with Gasteiger partial charge in [0.15, 0.2) is 11.6 Å². The Balaban J connectivity index is 1.08. The van der Waals surface area contributed by atoms with Crippen molar-refractivity contribution in [3.8, 4) is 45.8 Å². The highest BCUT2D eigenvalue weighted by Crippen LogP contribution is 2.47. The van der Waals surface area contributed by atoms with Crippen molar-refractivity contribution in [3.63, 3.8) is 0 Å². The number of hydrogen-bond acceptors (Lipinski definition) is 7. The first-order valence-electron chi connectivity index (χ1n) is 28.6. The zero-order valence-corrected chi connectivity index (χ0v) is 45.5. The second-order valence-electron chi connectivity index (χ2n) is 21.7. The fraction of sp³-hybridized carbons (Fsp3) is 0.0274. The van der Waals surface area contributed by atoms with Crippen LogP contribution in [0.2, 0.25) is 0 Å². The van der Waals surface area contributed by atoms with Crippen LogP contribution in [0.25, 0.3) is 155 Å². The van der Waals surface area contributed by atoms with E-state index in [0.717, 1.165) is 143 Å². The molecule has 18 aromatic rings. The largest absolute Gasteiger partial charge is 0.340 e. The molecule has 8 aromatic carbocycles. The number of pyridine rings is 4. The summed E-state index contributed by atoms with van der Waals surface area (Å²) in [6.45, 7) is 0.614. The van der Waals surface area contributed by atoms with E-state index in [1.807, 2.05) is 67.8 Å². The van der Waals surface area contributed by atoms with E-state index in [1.165, 1.54) is 0 Å². The Hall–Kier alpha value is -11.6. The first-order valence-corrected chi connectivity index (χ1v) is 28.6. The van der Waals surface area contributed by atoms with Gasteiger partial charge in [-0.05, 0) is 73.2 Å². The minimum atomic E-state index is 0.495. The standard InChI is InChI=1S/C73H46N12/c1-2-16-45(17-3-1)71-78-72(80-73(79-71)85-63-28-14-5-18-46(63)47-19-6-15-29-64(47)85)53-40-68(82-60-25-11-7-21-49(60)55-42-75-36-31-65(55)82)52(34-39-81-58-24-10-4-20-48(58)54-41-74-35-30-59(54)81)69(83-61-26-12-8-22-50(61)56-43-76-37-32-66(56)83)70(53)84-62-27-13-9-23-51(62)57-44-77-38-33-67(57)84/h1-33,35-38,40-44H,34,39H2. The normalized spacial score (nSPS) is 12.1. The van der Waals surface area contributed by atoms with Gasteiger partial charge in [-0.3, -0.25) is 24.5 Å². The molecule has 10 aromatic heterocycles. The summed E-state index contributed by atoms with van der Waals surface area (Å²) >= 11 is 0. The Morgan fingerprint density at radius 2 is 0.659 bits per heavy atom. The average Bonchev–Trinajstić information content (AvgIpc) is 2.50. The second kappa shape index (κ2) is 18.4. The minimum absolute atomic E-state index is 0.495. The summed E-state index contributed by atoms with van der Waals surface area (Å²) in [5.41, 5.74) is 15.9. The monoisotopic (exact) mass is 1090 g/mol. The molecule has 0 aliphatic rings. The zero-order chi connectivity index (χ0) is 55.7. The van der Waals surface area contributed by atoms with Gasteiger partial charge in [-0.15, -0.1) is 0 Å². The lowest BCUT2D eigenvalue weighted by molar-refractivity contribution is 0.738. The van der Waals surface area contributed by atoms with Crippen molar-refractivity contribution in [1.82, 2.24) is 57.7 Å². The SMILES string of the molecule is c1ccc(-c2nc(-c3cc(-n4c5ccccc5c5cnccc54)c(CCn4c5ccccc5c5cnccc54)c(-n4c5ccccc5c5cnccc54)c3-n3c4ccccc4c4cnccc43)nc(-n3c4ccccc4c4ccccc43)n2)cc1. The Labute approximate surface area is 484 Å². The molecule has 0 aliphatic carbocycles. The van der Waals surface area contributed by atoms with Gasteiger partial charge < -0.3 is 18.3 Å². The highest BCUT2D eigenvalue weighted by molar-refractivity contribution is 6.14. The van der Waals surface area contributed by atoms with E-state index in [2.05, 4.69) is 216 Å². The van der Waals surface area contributed by atoms with Crippen LogP contribution in [0.15, 0.2) is 256 Å². The fourth-order valence-electron chi connectivity index (χ4n) is 13.8. The lowest BCUT2D eigenvalue weighted by atomic mass is 9.97. The van der Waals surface area contributed by atoms with Crippen LogP contribution in [-0.2, 0) is 13.0 Å².